The van der Waals surface area contributed by atoms with Gasteiger partial charge in [0.15, 0.2) is 0 Å². The van der Waals surface area contributed by atoms with Crippen LogP contribution in [-0.4, -0.2) is 31.1 Å². The lowest BCUT2D eigenvalue weighted by atomic mass is 9.90. The van der Waals surface area contributed by atoms with Crippen LogP contribution in [0.5, 0.6) is 5.75 Å². The van der Waals surface area contributed by atoms with E-state index in [-0.39, 0.29) is 11.4 Å². The normalized spacial score (nSPS) is 17.8. The molecule has 0 spiro atoms. The number of hydrogen-bond acceptors (Lipinski definition) is 3. The van der Waals surface area contributed by atoms with Crippen molar-refractivity contribution >= 4 is 5.91 Å². The second-order valence-corrected chi connectivity index (χ2v) is 5.19. The Labute approximate surface area is 114 Å². The summed E-state index contributed by atoms with van der Waals surface area (Å²) in [4.78, 5) is 12.4. The number of nitrogens with one attached hydrogen (secondary N) is 2. The fraction of sp³-hybridized carbons (Fsp3) is 0.533. The van der Waals surface area contributed by atoms with Crippen LogP contribution < -0.4 is 15.4 Å². The van der Waals surface area contributed by atoms with Crippen molar-refractivity contribution in [1.82, 2.24) is 10.6 Å². The Hall–Kier alpha value is -1.55. The molecular weight excluding hydrogens is 240 g/mol. The summed E-state index contributed by atoms with van der Waals surface area (Å²) in [6.45, 7) is 6.48. The zero-order valence-electron chi connectivity index (χ0n) is 11.7. The van der Waals surface area contributed by atoms with Crippen LogP contribution in [0.3, 0.4) is 0 Å². The van der Waals surface area contributed by atoms with Gasteiger partial charge in [0.05, 0.1) is 12.2 Å². The SMILES string of the molecule is CCOc1ccccc1C(=O)NC1(C)CCNCC1. The predicted octanol–water partition coefficient (Wildman–Crippen LogP) is 1.96. The zero-order valence-corrected chi connectivity index (χ0v) is 11.7. The van der Waals surface area contributed by atoms with Crippen molar-refractivity contribution in [3.8, 4) is 5.75 Å². The van der Waals surface area contributed by atoms with E-state index in [0.717, 1.165) is 25.9 Å². The molecule has 2 N–H and O–H groups in total. The van der Waals surface area contributed by atoms with E-state index in [1.165, 1.54) is 0 Å². The molecule has 0 aliphatic carbocycles. The fourth-order valence-electron chi connectivity index (χ4n) is 2.38. The van der Waals surface area contributed by atoms with E-state index in [1.807, 2.05) is 31.2 Å². The second-order valence-electron chi connectivity index (χ2n) is 5.19. The maximum Gasteiger partial charge on any atom is 0.255 e. The van der Waals surface area contributed by atoms with E-state index < -0.39 is 0 Å². The molecule has 0 bridgehead atoms. The quantitative estimate of drug-likeness (QED) is 0.872. The van der Waals surface area contributed by atoms with Crippen molar-refractivity contribution in [3.63, 3.8) is 0 Å². The van der Waals surface area contributed by atoms with Gasteiger partial charge in [-0.05, 0) is 51.9 Å². The molecule has 1 aliphatic rings. The summed E-state index contributed by atoms with van der Waals surface area (Å²) in [5.74, 6) is 0.605. The van der Waals surface area contributed by atoms with Gasteiger partial charge in [0.1, 0.15) is 5.75 Å². The summed E-state index contributed by atoms with van der Waals surface area (Å²) in [6.07, 6.45) is 1.91. The first-order valence-corrected chi connectivity index (χ1v) is 6.90. The molecule has 4 heteroatoms. The minimum atomic E-state index is -0.123. The van der Waals surface area contributed by atoms with Gasteiger partial charge in [-0.2, -0.15) is 0 Å². The number of ether oxygens (including phenoxy) is 1. The third-order valence-electron chi connectivity index (χ3n) is 3.55. The van der Waals surface area contributed by atoms with Crippen molar-refractivity contribution in [2.75, 3.05) is 19.7 Å². The van der Waals surface area contributed by atoms with Crippen molar-refractivity contribution in [1.29, 1.82) is 0 Å². The summed E-state index contributed by atoms with van der Waals surface area (Å²) in [7, 11) is 0. The highest BCUT2D eigenvalue weighted by Crippen LogP contribution is 2.22. The Morgan fingerprint density at radius 2 is 2.05 bits per heavy atom. The topological polar surface area (TPSA) is 50.4 Å². The van der Waals surface area contributed by atoms with E-state index in [1.54, 1.807) is 0 Å². The van der Waals surface area contributed by atoms with Gasteiger partial charge in [-0.1, -0.05) is 12.1 Å². The number of benzene rings is 1. The summed E-state index contributed by atoms with van der Waals surface area (Å²) in [5, 5.41) is 6.46. The molecule has 0 unspecified atom stereocenters. The van der Waals surface area contributed by atoms with Gasteiger partial charge in [-0.3, -0.25) is 4.79 Å². The summed E-state index contributed by atoms with van der Waals surface area (Å²) < 4.78 is 5.51. The second kappa shape index (κ2) is 6.06. The van der Waals surface area contributed by atoms with Crippen LogP contribution in [0.4, 0.5) is 0 Å². The molecule has 1 aromatic rings. The Morgan fingerprint density at radius 3 is 2.74 bits per heavy atom. The van der Waals surface area contributed by atoms with Gasteiger partial charge in [0, 0.05) is 5.54 Å². The van der Waals surface area contributed by atoms with E-state index in [2.05, 4.69) is 17.6 Å². The smallest absolute Gasteiger partial charge is 0.255 e. The highest BCUT2D eigenvalue weighted by Gasteiger charge is 2.29. The maximum absolute atomic E-state index is 12.4. The molecule has 2 rings (SSSR count). The van der Waals surface area contributed by atoms with Gasteiger partial charge in [0.2, 0.25) is 0 Å². The predicted molar refractivity (Wildman–Crippen MR) is 75.6 cm³/mol. The Kier molecular flexibility index (Phi) is 4.43. The number of rotatable bonds is 4. The first-order chi connectivity index (χ1) is 9.14. The summed E-state index contributed by atoms with van der Waals surface area (Å²) in [5.41, 5.74) is 0.492. The van der Waals surface area contributed by atoms with Gasteiger partial charge in [0.25, 0.3) is 5.91 Å². The lowest BCUT2D eigenvalue weighted by molar-refractivity contribution is 0.0884. The van der Waals surface area contributed by atoms with E-state index in [9.17, 15) is 4.79 Å². The highest BCUT2D eigenvalue weighted by molar-refractivity contribution is 5.97. The highest BCUT2D eigenvalue weighted by atomic mass is 16.5. The number of hydrogen-bond donors (Lipinski definition) is 2. The maximum atomic E-state index is 12.4. The van der Waals surface area contributed by atoms with Crippen LogP contribution in [-0.2, 0) is 0 Å². The molecular formula is C15H22N2O2. The molecule has 1 amide bonds. The molecule has 1 saturated heterocycles. The number of para-hydroxylation sites is 1. The minimum absolute atomic E-state index is 0.0477. The number of carbonyl (C=O) groups excluding carboxylic acids is 1. The minimum Gasteiger partial charge on any atom is -0.493 e. The Balaban J connectivity index is 2.11. The van der Waals surface area contributed by atoms with Crippen LogP contribution in [0.15, 0.2) is 24.3 Å². The summed E-state index contributed by atoms with van der Waals surface area (Å²) >= 11 is 0. The first kappa shape index (κ1) is 13.9. The Morgan fingerprint density at radius 1 is 1.37 bits per heavy atom. The van der Waals surface area contributed by atoms with Crippen molar-refractivity contribution in [2.45, 2.75) is 32.2 Å². The zero-order chi connectivity index (χ0) is 13.7. The first-order valence-electron chi connectivity index (χ1n) is 6.90. The molecule has 0 aromatic heterocycles. The lowest BCUT2D eigenvalue weighted by Crippen LogP contribution is -2.52. The average molecular weight is 262 g/mol. The number of piperidine rings is 1. The van der Waals surface area contributed by atoms with Crippen LogP contribution in [0.2, 0.25) is 0 Å². The van der Waals surface area contributed by atoms with Gasteiger partial charge in [-0.15, -0.1) is 0 Å². The number of carbonyl (C=O) groups is 1. The van der Waals surface area contributed by atoms with Crippen LogP contribution >= 0.6 is 0 Å². The van der Waals surface area contributed by atoms with Gasteiger partial charge >= 0.3 is 0 Å². The van der Waals surface area contributed by atoms with Crippen molar-refractivity contribution < 1.29 is 9.53 Å². The van der Waals surface area contributed by atoms with E-state index in [0.29, 0.717) is 17.9 Å². The van der Waals surface area contributed by atoms with Gasteiger partial charge < -0.3 is 15.4 Å². The van der Waals surface area contributed by atoms with Crippen LogP contribution in [0.1, 0.15) is 37.0 Å². The lowest BCUT2D eigenvalue weighted by Gasteiger charge is -2.35. The molecule has 1 heterocycles. The van der Waals surface area contributed by atoms with Crippen molar-refractivity contribution in [3.05, 3.63) is 29.8 Å². The molecule has 0 radical (unpaired) electrons. The molecule has 104 valence electrons. The van der Waals surface area contributed by atoms with Crippen LogP contribution in [0, 0.1) is 0 Å². The largest absolute Gasteiger partial charge is 0.493 e. The van der Waals surface area contributed by atoms with Gasteiger partial charge in [-0.25, -0.2) is 0 Å². The molecule has 0 saturated carbocycles. The number of amides is 1. The molecule has 19 heavy (non-hydrogen) atoms. The molecule has 1 aromatic carbocycles. The summed E-state index contributed by atoms with van der Waals surface area (Å²) in [6, 6.07) is 7.39. The molecule has 1 aliphatic heterocycles. The standard InChI is InChI=1S/C15H22N2O2/c1-3-19-13-7-5-4-6-12(13)14(18)17-15(2)8-10-16-11-9-15/h4-7,16H,3,8-11H2,1-2H3,(H,17,18). The average Bonchev–Trinajstić information content (AvgIpc) is 2.40. The molecule has 0 atom stereocenters. The van der Waals surface area contributed by atoms with E-state index >= 15 is 0 Å². The third kappa shape index (κ3) is 3.47. The molecule has 1 fully saturated rings. The molecule has 4 nitrogen and oxygen atoms in total. The van der Waals surface area contributed by atoms with E-state index in [4.69, 9.17) is 4.74 Å². The third-order valence-corrected chi connectivity index (χ3v) is 3.55. The van der Waals surface area contributed by atoms with Crippen LogP contribution in [0.25, 0.3) is 0 Å². The monoisotopic (exact) mass is 262 g/mol. The fourth-order valence-corrected chi connectivity index (χ4v) is 2.38. The van der Waals surface area contributed by atoms with Crippen molar-refractivity contribution in [2.24, 2.45) is 0 Å². The Bertz CT molecular complexity index is 440.